The van der Waals surface area contributed by atoms with E-state index in [9.17, 15) is 22.2 Å². The van der Waals surface area contributed by atoms with Crippen LogP contribution in [-0.4, -0.2) is 22.9 Å². The molecule has 0 fully saturated rings. The van der Waals surface area contributed by atoms with E-state index in [1.807, 2.05) is 0 Å². The van der Waals surface area contributed by atoms with Crippen molar-refractivity contribution >= 4 is 21.4 Å². The highest BCUT2D eigenvalue weighted by atomic mass is 32.2. The Morgan fingerprint density at radius 3 is 2.21 bits per heavy atom. The topological polar surface area (TPSA) is 67.8 Å². The number of hydrogen-bond donors (Lipinski definition) is 1. The van der Waals surface area contributed by atoms with Crippen LogP contribution in [0.2, 0.25) is 0 Å². The minimum Gasteiger partial charge on any atom is -0.406 e. The Hall–Kier alpha value is -2.55. The van der Waals surface area contributed by atoms with E-state index in [0.29, 0.717) is 4.90 Å². The van der Waals surface area contributed by atoms with Crippen molar-refractivity contribution < 1.29 is 26.9 Å². The van der Waals surface area contributed by atoms with Crippen molar-refractivity contribution in [3.63, 3.8) is 0 Å². The van der Waals surface area contributed by atoms with Crippen LogP contribution in [0.25, 0.3) is 0 Å². The molecular weight excluding hydrogens is 345 g/mol. The number of benzene rings is 2. The van der Waals surface area contributed by atoms with Gasteiger partial charge in [-0.3, -0.25) is 0 Å². The number of amides is 2. The first kappa shape index (κ1) is 17.8. The Labute approximate surface area is 136 Å². The largest absolute Gasteiger partial charge is 0.573 e. The molecule has 0 unspecified atom stereocenters. The van der Waals surface area contributed by atoms with Gasteiger partial charge >= 0.3 is 12.4 Å². The minimum absolute atomic E-state index is 0.196. The van der Waals surface area contributed by atoms with Gasteiger partial charge in [0.1, 0.15) is 5.75 Å². The molecule has 0 aromatic heterocycles. The number of carbonyl (C=O) groups is 1. The SMILES string of the molecule is C[S@@](=O)(=NC(=O)Nc1ccc(OC(F)(F)F)cc1)c1ccccc1. The zero-order valence-corrected chi connectivity index (χ0v) is 13.2. The van der Waals surface area contributed by atoms with Crippen LogP contribution in [-0.2, 0) is 9.73 Å². The first-order valence-electron chi connectivity index (χ1n) is 6.60. The molecule has 0 aliphatic carbocycles. The molecule has 0 aliphatic heterocycles. The van der Waals surface area contributed by atoms with Crippen LogP contribution in [0.4, 0.5) is 23.7 Å². The Balaban J connectivity index is 2.10. The van der Waals surface area contributed by atoms with Gasteiger partial charge < -0.3 is 10.1 Å². The zero-order valence-electron chi connectivity index (χ0n) is 12.4. The summed E-state index contributed by atoms with van der Waals surface area (Å²) < 4.78 is 55.9. The van der Waals surface area contributed by atoms with E-state index < -0.39 is 27.9 Å². The fourth-order valence-corrected chi connectivity index (χ4v) is 2.90. The summed E-state index contributed by atoms with van der Waals surface area (Å²) in [6.07, 6.45) is -3.47. The lowest BCUT2D eigenvalue weighted by molar-refractivity contribution is -0.274. The van der Waals surface area contributed by atoms with Gasteiger partial charge in [-0.05, 0) is 36.4 Å². The predicted molar refractivity (Wildman–Crippen MR) is 83.3 cm³/mol. The maximum Gasteiger partial charge on any atom is 0.573 e. The van der Waals surface area contributed by atoms with Crippen LogP contribution >= 0.6 is 0 Å². The van der Waals surface area contributed by atoms with Gasteiger partial charge in [-0.15, -0.1) is 17.5 Å². The summed E-state index contributed by atoms with van der Waals surface area (Å²) in [5.41, 5.74) is 0.196. The number of anilines is 1. The van der Waals surface area contributed by atoms with Crippen molar-refractivity contribution in [1.29, 1.82) is 0 Å². The van der Waals surface area contributed by atoms with Crippen LogP contribution in [0, 0.1) is 0 Å². The summed E-state index contributed by atoms with van der Waals surface area (Å²) in [4.78, 5) is 12.2. The van der Waals surface area contributed by atoms with Gasteiger partial charge in [0.25, 0.3) is 0 Å². The monoisotopic (exact) mass is 358 g/mol. The third-order valence-corrected chi connectivity index (χ3v) is 4.44. The van der Waals surface area contributed by atoms with E-state index in [-0.39, 0.29) is 5.69 Å². The van der Waals surface area contributed by atoms with Crippen LogP contribution in [0.1, 0.15) is 0 Å². The maximum absolute atomic E-state index is 12.4. The van der Waals surface area contributed by atoms with Crippen molar-refractivity contribution in [1.82, 2.24) is 0 Å². The van der Waals surface area contributed by atoms with Crippen molar-refractivity contribution in [2.75, 3.05) is 11.6 Å². The fourth-order valence-electron chi connectivity index (χ4n) is 1.77. The Morgan fingerprint density at radius 2 is 1.67 bits per heavy atom. The standard InChI is InChI=1S/C15H13F3N2O3S/c1-24(22,13-5-3-2-4-6-13)20-14(21)19-11-7-9-12(10-8-11)23-15(16,17)18/h2-10H,1H3,(H,19,21)/t24-/m0/s1. The quantitative estimate of drug-likeness (QED) is 0.891. The summed E-state index contributed by atoms with van der Waals surface area (Å²) in [7, 11) is -2.92. The average molecular weight is 358 g/mol. The van der Waals surface area contributed by atoms with Crippen LogP contribution in [0.15, 0.2) is 63.9 Å². The van der Waals surface area contributed by atoms with E-state index >= 15 is 0 Å². The molecule has 0 bridgehead atoms. The van der Waals surface area contributed by atoms with Crippen LogP contribution in [0.5, 0.6) is 5.75 Å². The number of hydrogen-bond acceptors (Lipinski definition) is 3. The summed E-state index contributed by atoms with van der Waals surface area (Å²) in [5, 5.41) is 2.34. The molecule has 2 aromatic rings. The molecule has 128 valence electrons. The number of alkyl halides is 3. The normalized spacial score (nSPS) is 13.7. The maximum atomic E-state index is 12.4. The van der Waals surface area contributed by atoms with Crippen molar-refractivity contribution in [2.24, 2.45) is 4.36 Å². The number of nitrogens with zero attached hydrogens (tertiary/aromatic N) is 1. The summed E-state index contributed by atoms with van der Waals surface area (Å²) in [6.45, 7) is 0. The summed E-state index contributed by atoms with van der Waals surface area (Å²) >= 11 is 0. The van der Waals surface area contributed by atoms with Gasteiger partial charge in [-0.25, -0.2) is 9.00 Å². The third kappa shape index (κ3) is 5.27. The van der Waals surface area contributed by atoms with Gasteiger partial charge in [0.2, 0.25) is 0 Å². The van der Waals surface area contributed by atoms with E-state index in [2.05, 4.69) is 14.4 Å². The summed E-state index contributed by atoms with van der Waals surface area (Å²) in [6, 6.07) is 11.9. The molecule has 1 atom stereocenters. The Kier molecular flexibility index (Phi) is 5.13. The lowest BCUT2D eigenvalue weighted by Gasteiger charge is -2.09. The molecule has 0 radical (unpaired) electrons. The Bertz CT molecular complexity index is 827. The minimum atomic E-state index is -4.79. The number of ether oxygens (including phenoxy) is 1. The number of carbonyl (C=O) groups excluding carboxylic acids is 1. The van der Waals surface area contributed by atoms with E-state index in [4.69, 9.17) is 0 Å². The van der Waals surface area contributed by atoms with Gasteiger partial charge in [-0.1, -0.05) is 18.2 Å². The molecule has 0 spiro atoms. The second kappa shape index (κ2) is 6.91. The lowest BCUT2D eigenvalue weighted by atomic mass is 10.3. The molecule has 5 nitrogen and oxygen atoms in total. The van der Waals surface area contributed by atoms with Crippen molar-refractivity contribution in [2.45, 2.75) is 11.3 Å². The van der Waals surface area contributed by atoms with Gasteiger partial charge in [0.05, 0.1) is 9.73 Å². The van der Waals surface area contributed by atoms with Gasteiger partial charge in [0.15, 0.2) is 0 Å². The van der Waals surface area contributed by atoms with Crippen molar-refractivity contribution in [3.05, 3.63) is 54.6 Å². The molecule has 0 heterocycles. The summed E-state index contributed by atoms with van der Waals surface area (Å²) in [5.74, 6) is -0.416. The van der Waals surface area contributed by atoms with E-state index in [0.717, 1.165) is 12.1 Å². The molecule has 2 amide bonds. The van der Waals surface area contributed by atoms with Gasteiger partial charge in [-0.2, -0.15) is 0 Å². The highest BCUT2D eigenvalue weighted by Crippen LogP contribution is 2.24. The zero-order chi connectivity index (χ0) is 17.8. The Morgan fingerprint density at radius 1 is 1.08 bits per heavy atom. The molecular formula is C15H13F3N2O3S. The van der Waals surface area contributed by atoms with E-state index in [1.54, 1.807) is 30.3 Å². The predicted octanol–water partition coefficient (Wildman–Crippen LogP) is 4.27. The third-order valence-electron chi connectivity index (χ3n) is 2.78. The molecule has 9 heteroatoms. The fraction of sp³-hybridized carbons (Fsp3) is 0.133. The van der Waals surface area contributed by atoms with Crippen molar-refractivity contribution in [3.8, 4) is 5.75 Å². The van der Waals surface area contributed by atoms with Crippen LogP contribution < -0.4 is 10.1 Å². The molecule has 2 rings (SSSR count). The average Bonchev–Trinajstić information content (AvgIpc) is 2.48. The lowest BCUT2D eigenvalue weighted by Crippen LogP contribution is -2.17. The number of halogens is 3. The second-order valence-electron chi connectivity index (χ2n) is 4.71. The molecule has 0 aliphatic rings. The van der Waals surface area contributed by atoms with Gasteiger partial charge in [0, 0.05) is 16.8 Å². The first-order chi connectivity index (χ1) is 11.2. The molecule has 0 saturated carbocycles. The van der Waals surface area contributed by atoms with Crippen LogP contribution in [0.3, 0.4) is 0 Å². The van der Waals surface area contributed by atoms with E-state index in [1.165, 1.54) is 18.4 Å². The number of urea groups is 1. The first-order valence-corrected chi connectivity index (χ1v) is 8.52. The highest BCUT2D eigenvalue weighted by Gasteiger charge is 2.30. The number of nitrogens with one attached hydrogen (secondary N) is 1. The molecule has 0 saturated heterocycles. The number of rotatable bonds is 3. The highest BCUT2D eigenvalue weighted by molar-refractivity contribution is 7.93. The molecule has 24 heavy (non-hydrogen) atoms. The molecule has 1 N–H and O–H groups in total. The smallest absolute Gasteiger partial charge is 0.406 e. The second-order valence-corrected chi connectivity index (χ2v) is 6.97. The molecule has 2 aromatic carbocycles.